The topological polar surface area (TPSA) is 0 Å². The minimum absolute atomic E-state index is 0.0673. The third-order valence-corrected chi connectivity index (χ3v) is 13.2. The van der Waals surface area contributed by atoms with Crippen molar-refractivity contribution < 1.29 is 0 Å². The molecule has 0 saturated heterocycles. The second-order valence-corrected chi connectivity index (χ2v) is 16.3. The van der Waals surface area contributed by atoms with E-state index in [0.717, 1.165) is 25.7 Å². The second-order valence-electron chi connectivity index (χ2n) is 11.1. The first kappa shape index (κ1) is 25.0. The zero-order valence-electron chi connectivity index (χ0n) is 22.2. The van der Waals surface area contributed by atoms with E-state index in [1.807, 2.05) is 0 Å². The number of hydrogen-bond donors (Lipinski definition) is 0. The van der Waals surface area contributed by atoms with Gasteiger partial charge in [0.1, 0.15) is 8.07 Å². The quantitative estimate of drug-likeness (QED) is 0.168. The molecule has 188 valence electrons. The Morgan fingerprint density at radius 1 is 0.595 bits per heavy atom. The van der Waals surface area contributed by atoms with Gasteiger partial charge >= 0.3 is 0 Å². The van der Waals surface area contributed by atoms with E-state index in [1.165, 1.54) is 54.9 Å². The van der Waals surface area contributed by atoms with Crippen molar-refractivity contribution in [1.82, 2.24) is 0 Å². The number of rotatable bonds is 6. The van der Waals surface area contributed by atoms with Crippen LogP contribution in [0.25, 0.3) is 31.9 Å². The highest BCUT2D eigenvalue weighted by molar-refractivity contribution is 7.09. The van der Waals surface area contributed by atoms with Crippen LogP contribution in [0.5, 0.6) is 0 Å². The Hall–Kier alpha value is -2.32. The van der Waals surface area contributed by atoms with E-state index in [1.54, 1.807) is 10.4 Å². The van der Waals surface area contributed by atoms with Gasteiger partial charge in [-0.3, -0.25) is 0 Å². The van der Waals surface area contributed by atoms with Crippen molar-refractivity contribution >= 4 is 63.2 Å². The van der Waals surface area contributed by atoms with E-state index in [2.05, 4.69) is 99.7 Å². The van der Waals surface area contributed by atoms with Crippen LogP contribution >= 0.6 is 23.2 Å². The molecule has 37 heavy (non-hydrogen) atoms. The van der Waals surface area contributed by atoms with E-state index < -0.39 is 8.07 Å². The summed E-state index contributed by atoms with van der Waals surface area (Å²) in [5, 5.41) is 8.09. The van der Waals surface area contributed by atoms with Crippen LogP contribution in [0.2, 0.25) is 13.1 Å². The fourth-order valence-electron chi connectivity index (χ4n) is 7.16. The number of halogens is 2. The summed E-state index contributed by atoms with van der Waals surface area (Å²) in [6.45, 7) is 9.64. The molecule has 2 unspecified atom stereocenters. The highest BCUT2D eigenvalue weighted by Gasteiger charge is 2.46. The van der Waals surface area contributed by atoms with E-state index in [4.69, 9.17) is 23.2 Å². The van der Waals surface area contributed by atoms with Crippen LogP contribution in [0.15, 0.2) is 83.9 Å². The first-order chi connectivity index (χ1) is 17.9. The SMILES string of the molecule is CCCC1=C([Si](C)(C)C2=C(CCC)C(Cl)c3c2ccc2ccccc32)c2ccc3ccccc3c2C1Cl. The standard InChI is InChI=1S/C34H34Cl2Si/c1-5-11-27-31(35)29-23-15-9-7-13-21(23)17-19-25(29)33(27)37(3,4)34-26-20-18-22-14-8-10-16-24(22)30(26)32(36)28(34)12-6-2/h7-10,13-20,31-32H,5-6,11-12H2,1-4H3. The Balaban J connectivity index is 1.63. The molecule has 4 aromatic carbocycles. The molecule has 6 rings (SSSR count). The van der Waals surface area contributed by atoms with Crippen molar-refractivity contribution in [2.75, 3.05) is 0 Å². The van der Waals surface area contributed by atoms with E-state index in [0.29, 0.717) is 0 Å². The summed E-state index contributed by atoms with van der Waals surface area (Å²) in [5.74, 6) is 0. The van der Waals surface area contributed by atoms with Crippen molar-refractivity contribution in [2.45, 2.75) is 63.4 Å². The van der Waals surface area contributed by atoms with E-state index >= 15 is 0 Å². The summed E-state index contributed by atoms with van der Waals surface area (Å²) < 4.78 is 0. The van der Waals surface area contributed by atoms with Gasteiger partial charge in [-0.15, -0.1) is 23.2 Å². The van der Waals surface area contributed by atoms with Crippen LogP contribution in [0.3, 0.4) is 0 Å². The lowest BCUT2D eigenvalue weighted by Crippen LogP contribution is -2.31. The average molecular weight is 542 g/mol. The number of fused-ring (bicyclic) bond motifs is 6. The molecule has 0 aromatic heterocycles. The molecule has 0 saturated carbocycles. The molecular weight excluding hydrogens is 507 g/mol. The zero-order chi connectivity index (χ0) is 25.9. The zero-order valence-corrected chi connectivity index (χ0v) is 24.7. The van der Waals surface area contributed by atoms with Gasteiger partial charge in [0.15, 0.2) is 0 Å². The Bertz CT molecular complexity index is 1490. The Kier molecular flexibility index (Phi) is 6.38. The number of hydrogen-bond acceptors (Lipinski definition) is 0. The van der Waals surface area contributed by atoms with Gasteiger partial charge in [-0.2, -0.15) is 0 Å². The molecule has 0 N–H and O–H groups in total. The van der Waals surface area contributed by atoms with Crippen molar-refractivity contribution in [2.24, 2.45) is 0 Å². The van der Waals surface area contributed by atoms with Gasteiger partial charge in [-0.05, 0) is 78.2 Å². The molecule has 2 aliphatic carbocycles. The maximum atomic E-state index is 7.40. The largest absolute Gasteiger partial charge is 0.113 e. The van der Waals surface area contributed by atoms with Crippen molar-refractivity contribution in [1.29, 1.82) is 0 Å². The van der Waals surface area contributed by atoms with Gasteiger partial charge in [-0.25, -0.2) is 0 Å². The smallest absolute Gasteiger partial charge is 0.113 e. The van der Waals surface area contributed by atoms with Gasteiger partial charge in [-0.1, -0.05) is 113 Å². The Morgan fingerprint density at radius 2 is 1.00 bits per heavy atom. The van der Waals surface area contributed by atoms with Crippen LogP contribution in [-0.2, 0) is 0 Å². The molecule has 0 heterocycles. The predicted molar refractivity (Wildman–Crippen MR) is 166 cm³/mol. The molecule has 4 aromatic rings. The van der Waals surface area contributed by atoms with Crippen LogP contribution < -0.4 is 0 Å². The van der Waals surface area contributed by atoms with Crippen molar-refractivity contribution in [3.05, 3.63) is 106 Å². The molecule has 0 amide bonds. The van der Waals surface area contributed by atoms with Crippen LogP contribution in [0.4, 0.5) is 0 Å². The van der Waals surface area contributed by atoms with Gasteiger partial charge in [0, 0.05) is 0 Å². The maximum absolute atomic E-state index is 7.40. The van der Waals surface area contributed by atoms with E-state index in [9.17, 15) is 0 Å². The molecular formula is C34H34Cl2Si. The lowest BCUT2D eigenvalue weighted by Gasteiger charge is -2.31. The molecule has 2 atom stereocenters. The summed E-state index contributed by atoms with van der Waals surface area (Å²) in [6, 6.07) is 26.7. The van der Waals surface area contributed by atoms with Gasteiger partial charge < -0.3 is 0 Å². The lowest BCUT2D eigenvalue weighted by molar-refractivity contribution is 0.874. The molecule has 0 fully saturated rings. The van der Waals surface area contributed by atoms with Gasteiger partial charge in [0.25, 0.3) is 0 Å². The first-order valence-electron chi connectivity index (χ1n) is 13.7. The van der Waals surface area contributed by atoms with Crippen LogP contribution in [-0.4, -0.2) is 8.07 Å². The summed E-state index contributed by atoms with van der Waals surface area (Å²) in [6.07, 6.45) is 4.26. The molecule has 0 spiro atoms. The second kappa shape index (κ2) is 9.45. The number of benzene rings is 4. The van der Waals surface area contributed by atoms with Crippen molar-refractivity contribution in [3.8, 4) is 0 Å². The van der Waals surface area contributed by atoms with Gasteiger partial charge in [0.05, 0.1) is 10.8 Å². The Morgan fingerprint density at radius 3 is 1.41 bits per heavy atom. The normalized spacial score (nSPS) is 19.3. The van der Waals surface area contributed by atoms with Crippen LogP contribution in [0.1, 0.15) is 72.5 Å². The predicted octanol–water partition coefficient (Wildman–Crippen LogP) is 11.2. The average Bonchev–Trinajstić information content (AvgIpc) is 3.36. The fraction of sp³-hybridized carbons (Fsp3) is 0.294. The van der Waals surface area contributed by atoms with Gasteiger partial charge in [0.2, 0.25) is 0 Å². The number of allylic oxidation sites excluding steroid dienone is 2. The van der Waals surface area contributed by atoms with E-state index in [-0.39, 0.29) is 10.8 Å². The molecule has 0 bridgehead atoms. The maximum Gasteiger partial charge on any atom is 0.113 e. The first-order valence-corrected chi connectivity index (χ1v) is 17.6. The van der Waals surface area contributed by atoms with Crippen LogP contribution in [0, 0.1) is 0 Å². The highest BCUT2D eigenvalue weighted by atomic mass is 35.5. The molecule has 3 heteroatoms. The monoisotopic (exact) mass is 540 g/mol. The third-order valence-electron chi connectivity index (χ3n) is 8.53. The third kappa shape index (κ3) is 3.69. The minimum Gasteiger partial charge on any atom is -0.113 e. The fourth-order valence-corrected chi connectivity index (χ4v) is 12.4. The molecule has 2 aliphatic rings. The highest BCUT2D eigenvalue weighted by Crippen LogP contribution is 2.58. The minimum atomic E-state index is -2.21. The Labute approximate surface area is 232 Å². The lowest BCUT2D eigenvalue weighted by atomic mass is 9.99. The molecule has 0 radical (unpaired) electrons. The molecule has 0 aliphatic heterocycles. The summed E-state index contributed by atoms with van der Waals surface area (Å²) >= 11 is 14.8. The molecule has 0 nitrogen and oxygen atoms in total. The summed E-state index contributed by atoms with van der Waals surface area (Å²) in [5.41, 5.74) is 8.27. The summed E-state index contributed by atoms with van der Waals surface area (Å²) in [7, 11) is -2.21. The number of alkyl halides is 2. The van der Waals surface area contributed by atoms with Crippen molar-refractivity contribution in [3.63, 3.8) is 0 Å². The summed E-state index contributed by atoms with van der Waals surface area (Å²) in [4.78, 5) is 0.